The molecule has 0 unspecified atom stereocenters. The van der Waals surface area contributed by atoms with Crippen LogP contribution in [0.5, 0.6) is 11.6 Å². The molecule has 0 spiro atoms. The van der Waals surface area contributed by atoms with Gasteiger partial charge in [-0.1, -0.05) is 38.1 Å². The molecule has 0 saturated heterocycles. The summed E-state index contributed by atoms with van der Waals surface area (Å²) in [6, 6.07) is 16.3. The summed E-state index contributed by atoms with van der Waals surface area (Å²) < 4.78 is 27.5. The number of ether oxygens (including phenoxy) is 2. The molecule has 1 saturated carbocycles. The third-order valence-corrected chi connectivity index (χ3v) is 5.78. The number of nitrogens with zero attached hydrogens (tertiary/aromatic N) is 3. The predicted molar refractivity (Wildman–Crippen MR) is 130 cm³/mol. The number of hydrogen-bond acceptors (Lipinski definition) is 5. The highest BCUT2D eigenvalue weighted by Crippen LogP contribution is 2.35. The highest BCUT2D eigenvalue weighted by atomic mass is 19.1. The van der Waals surface area contributed by atoms with Crippen LogP contribution in [0.1, 0.15) is 37.9 Å². The summed E-state index contributed by atoms with van der Waals surface area (Å²) in [7, 11) is 0. The number of halogens is 1. The summed E-state index contributed by atoms with van der Waals surface area (Å²) in [5.41, 5.74) is 2.63. The van der Waals surface area contributed by atoms with Crippen molar-refractivity contribution in [3.63, 3.8) is 0 Å². The van der Waals surface area contributed by atoms with Crippen LogP contribution in [0.3, 0.4) is 0 Å². The average Bonchev–Trinajstić information content (AvgIpc) is 3.60. The molecule has 0 aliphatic heterocycles. The minimum Gasteiger partial charge on any atom is -0.438 e. The fourth-order valence-corrected chi connectivity index (χ4v) is 3.96. The van der Waals surface area contributed by atoms with Gasteiger partial charge in [0.05, 0.1) is 29.7 Å². The third-order valence-electron chi connectivity index (χ3n) is 5.78. The fourth-order valence-electron chi connectivity index (χ4n) is 3.96. The molecule has 182 valence electrons. The van der Waals surface area contributed by atoms with E-state index in [1.165, 1.54) is 12.1 Å². The second-order valence-corrected chi connectivity index (χ2v) is 9.42. The molecule has 2 aromatic carbocycles. The van der Waals surface area contributed by atoms with E-state index in [1.807, 2.05) is 37.3 Å². The van der Waals surface area contributed by atoms with Crippen LogP contribution in [-0.2, 0) is 11.3 Å². The van der Waals surface area contributed by atoms with Gasteiger partial charge in [0.25, 0.3) is 0 Å². The summed E-state index contributed by atoms with van der Waals surface area (Å²) in [5, 5.41) is 15.4. The Kier molecular flexibility index (Phi) is 7.98. The van der Waals surface area contributed by atoms with E-state index >= 15 is 0 Å². The van der Waals surface area contributed by atoms with E-state index in [9.17, 15) is 9.50 Å². The average molecular weight is 468 g/mol. The van der Waals surface area contributed by atoms with Crippen LogP contribution in [0.25, 0.3) is 5.69 Å². The van der Waals surface area contributed by atoms with Gasteiger partial charge in [-0.2, -0.15) is 5.10 Å². The molecule has 1 N–H and O–H groups in total. The summed E-state index contributed by atoms with van der Waals surface area (Å²) in [6.45, 7) is 8.19. The van der Waals surface area contributed by atoms with E-state index in [0.717, 1.165) is 29.8 Å². The lowest BCUT2D eigenvalue weighted by Crippen LogP contribution is -2.36. The molecule has 6 nitrogen and oxygen atoms in total. The predicted octanol–water partition coefficient (Wildman–Crippen LogP) is 5.11. The first kappa shape index (κ1) is 24.4. The van der Waals surface area contributed by atoms with Gasteiger partial charge in [0.2, 0.25) is 5.88 Å². The maximum atomic E-state index is 13.9. The number of aryl methyl sites for hydroxylation is 1. The van der Waals surface area contributed by atoms with Crippen LogP contribution in [0.2, 0.25) is 0 Å². The molecule has 1 heterocycles. The Balaban J connectivity index is 1.60. The van der Waals surface area contributed by atoms with Gasteiger partial charge in [-0.3, -0.25) is 4.90 Å². The van der Waals surface area contributed by atoms with E-state index in [4.69, 9.17) is 14.6 Å². The van der Waals surface area contributed by atoms with E-state index in [-0.39, 0.29) is 5.82 Å². The van der Waals surface area contributed by atoms with Crippen LogP contribution in [0.15, 0.2) is 54.6 Å². The Labute approximate surface area is 200 Å². The molecule has 1 aromatic heterocycles. The van der Waals surface area contributed by atoms with Crippen molar-refractivity contribution in [2.45, 2.75) is 52.3 Å². The van der Waals surface area contributed by atoms with Crippen molar-refractivity contribution in [1.82, 2.24) is 14.7 Å². The molecule has 0 radical (unpaired) electrons. The Morgan fingerprint density at radius 1 is 1.12 bits per heavy atom. The zero-order valence-electron chi connectivity index (χ0n) is 20.2. The number of aliphatic hydroxyl groups excluding tert-OH is 1. The zero-order valence-corrected chi connectivity index (χ0v) is 20.2. The van der Waals surface area contributed by atoms with Gasteiger partial charge in [-0.15, -0.1) is 0 Å². The lowest BCUT2D eigenvalue weighted by molar-refractivity contribution is 0.00536. The van der Waals surface area contributed by atoms with Crippen molar-refractivity contribution in [2.75, 3.05) is 19.8 Å². The number of aliphatic hydroxyl groups is 1. The van der Waals surface area contributed by atoms with E-state index < -0.39 is 6.10 Å². The molecular formula is C27H34FN3O3. The second kappa shape index (κ2) is 11.1. The number of hydrogen-bond donors (Lipinski definition) is 1. The Morgan fingerprint density at radius 2 is 1.88 bits per heavy atom. The molecule has 1 aliphatic carbocycles. The quantitative estimate of drug-likeness (QED) is 0.401. The summed E-state index contributed by atoms with van der Waals surface area (Å²) >= 11 is 0. The molecule has 3 aromatic rings. The topological polar surface area (TPSA) is 59.8 Å². The maximum absolute atomic E-state index is 13.9. The van der Waals surface area contributed by atoms with Gasteiger partial charge in [0.15, 0.2) is 0 Å². The van der Waals surface area contributed by atoms with Crippen molar-refractivity contribution >= 4 is 0 Å². The molecule has 1 aliphatic rings. The van der Waals surface area contributed by atoms with E-state index in [2.05, 4.69) is 18.7 Å². The summed E-state index contributed by atoms with van der Waals surface area (Å²) in [4.78, 5) is 2.28. The number of para-hydroxylation sites is 1. The first-order valence-corrected chi connectivity index (χ1v) is 12.0. The van der Waals surface area contributed by atoms with Gasteiger partial charge in [-0.25, -0.2) is 9.07 Å². The normalized spacial score (nSPS) is 14.7. The van der Waals surface area contributed by atoms with Gasteiger partial charge in [-0.05, 0) is 49.9 Å². The smallest absolute Gasteiger partial charge is 0.227 e. The van der Waals surface area contributed by atoms with Crippen molar-refractivity contribution in [1.29, 1.82) is 0 Å². The number of aromatic nitrogens is 2. The first-order valence-electron chi connectivity index (χ1n) is 12.0. The maximum Gasteiger partial charge on any atom is 0.227 e. The van der Waals surface area contributed by atoms with E-state index in [0.29, 0.717) is 49.9 Å². The largest absolute Gasteiger partial charge is 0.438 e. The fraction of sp³-hybridized carbons (Fsp3) is 0.444. The monoisotopic (exact) mass is 467 g/mol. The number of benzene rings is 2. The first-order chi connectivity index (χ1) is 16.4. The highest BCUT2D eigenvalue weighted by Gasteiger charge is 2.32. The van der Waals surface area contributed by atoms with Crippen LogP contribution in [-0.4, -0.2) is 51.7 Å². The number of rotatable bonds is 12. The van der Waals surface area contributed by atoms with Crippen LogP contribution in [0, 0.1) is 18.7 Å². The molecule has 1 fully saturated rings. The van der Waals surface area contributed by atoms with Gasteiger partial charge < -0.3 is 14.6 Å². The Bertz CT molecular complexity index is 1070. The summed E-state index contributed by atoms with van der Waals surface area (Å²) in [5.74, 6) is 1.05. The van der Waals surface area contributed by atoms with E-state index in [1.54, 1.807) is 16.8 Å². The van der Waals surface area contributed by atoms with Gasteiger partial charge in [0, 0.05) is 31.8 Å². The van der Waals surface area contributed by atoms with Crippen LogP contribution in [0.4, 0.5) is 4.39 Å². The molecule has 4 rings (SSSR count). The second-order valence-electron chi connectivity index (χ2n) is 9.42. The minimum absolute atomic E-state index is 0.316. The van der Waals surface area contributed by atoms with Crippen molar-refractivity contribution in [3.05, 3.63) is 71.7 Å². The third kappa shape index (κ3) is 6.44. The lowest BCUT2D eigenvalue weighted by Gasteiger charge is -2.25. The lowest BCUT2D eigenvalue weighted by atomic mass is 10.2. The minimum atomic E-state index is -0.573. The molecule has 34 heavy (non-hydrogen) atoms. The molecule has 0 amide bonds. The summed E-state index contributed by atoms with van der Waals surface area (Å²) in [6.07, 6.45) is 1.63. The molecular weight excluding hydrogens is 433 g/mol. The van der Waals surface area contributed by atoms with Crippen molar-refractivity contribution in [3.8, 4) is 17.3 Å². The molecule has 0 bridgehead atoms. The Morgan fingerprint density at radius 3 is 2.56 bits per heavy atom. The van der Waals surface area contributed by atoms with Crippen LogP contribution >= 0.6 is 0 Å². The SMILES string of the molecule is Cc1nn(-c2ccccc2)c(Oc2cccc(F)c2)c1CN(C[C@@H](O)COCC(C)C)C1CC1. The van der Waals surface area contributed by atoms with Crippen molar-refractivity contribution in [2.24, 2.45) is 5.92 Å². The highest BCUT2D eigenvalue weighted by molar-refractivity contribution is 5.43. The standard InChI is InChI=1S/C27H34FN3O3/c1-19(2)17-33-18-24(32)15-30(22-12-13-22)16-26-20(3)29-31(23-9-5-4-6-10-23)27(26)34-25-11-7-8-21(28)14-25/h4-11,14,19,22,24,32H,12-13,15-18H2,1-3H3/t24-/m1/s1. The van der Waals surface area contributed by atoms with Crippen LogP contribution < -0.4 is 4.74 Å². The molecule has 1 atom stereocenters. The Hall–Kier alpha value is -2.74. The zero-order chi connectivity index (χ0) is 24.1. The van der Waals surface area contributed by atoms with Crippen molar-refractivity contribution < 1.29 is 19.0 Å². The van der Waals surface area contributed by atoms with Gasteiger partial charge in [0.1, 0.15) is 11.6 Å². The van der Waals surface area contributed by atoms with Gasteiger partial charge >= 0.3 is 0 Å². The molecule has 7 heteroatoms.